The topological polar surface area (TPSA) is 38.0 Å². The van der Waals surface area contributed by atoms with E-state index in [1.54, 1.807) is 0 Å². The number of fused-ring (bicyclic) bond motifs is 1. The van der Waals surface area contributed by atoms with Crippen LogP contribution in [0.25, 0.3) is 10.1 Å². The Balaban J connectivity index is 1.92. The van der Waals surface area contributed by atoms with Crippen molar-refractivity contribution in [2.75, 3.05) is 0 Å². The number of nitrogens with two attached hydrogens (primary N) is 1. The van der Waals surface area contributed by atoms with Crippen LogP contribution in [-0.4, -0.2) is 0 Å². The maximum absolute atomic E-state index is 5.89. The molecule has 1 fully saturated rings. The summed E-state index contributed by atoms with van der Waals surface area (Å²) in [6.45, 7) is 0. The van der Waals surface area contributed by atoms with Crippen molar-refractivity contribution in [1.82, 2.24) is 5.43 Å². The van der Waals surface area contributed by atoms with Crippen LogP contribution >= 0.6 is 11.3 Å². The molecular weight excluding hydrogens is 252 g/mol. The molecule has 1 aliphatic rings. The lowest BCUT2D eigenvalue weighted by atomic mass is 9.87. The zero-order valence-electron chi connectivity index (χ0n) is 11.3. The third kappa shape index (κ3) is 2.69. The summed E-state index contributed by atoms with van der Waals surface area (Å²) in [6.07, 6.45) is 8.09. The summed E-state index contributed by atoms with van der Waals surface area (Å²) in [5.41, 5.74) is 4.50. The first-order valence-corrected chi connectivity index (χ1v) is 8.20. The summed E-state index contributed by atoms with van der Waals surface area (Å²) < 4.78 is 1.37. The minimum atomic E-state index is 0.314. The molecule has 3 N–H and O–H groups in total. The summed E-state index contributed by atoms with van der Waals surface area (Å²) in [5.74, 6) is 6.58. The molecule has 2 nitrogen and oxygen atoms in total. The molecule has 2 aromatic rings. The molecule has 19 heavy (non-hydrogen) atoms. The molecule has 0 radical (unpaired) electrons. The Bertz CT molecular complexity index is 526. The molecule has 0 saturated heterocycles. The highest BCUT2D eigenvalue weighted by Gasteiger charge is 2.25. The van der Waals surface area contributed by atoms with Crippen molar-refractivity contribution in [3.8, 4) is 0 Å². The number of hydrazine groups is 1. The van der Waals surface area contributed by atoms with Gasteiger partial charge >= 0.3 is 0 Å². The molecule has 1 unspecified atom stereocenters. The van der Waals surface area contributed by atoms with Crippen molar-refractivity contribution in [3.63, 3.8) is 0 Å². The predicted molar refractivity (Wildman–Crippen MR) is 83.1 cm³/mol. The maximum atomic E-state index is 5.89. The third-order valence-corrected chi connectivity index (χ3v) is 5.38. The van der Waals surface area contributed by atoms with Gasteiger partial charge in [0.15, 0.2) is 0 Å². The van der Waals surface area contributed by atoms with Crippen LogP contribution in [0.1, 0.15) is 50.1 Å². The molecular formula is C16H22N2S. The molecule has 0 bridgehead atoms. The van der Waals surface area contributed by atoms with Crippen LogP contribution in [0.3, 0.4) is 0 Å². The van der Waals surface area contributed by atoms with Gasteiger partial charge in [-0.1, -0.05) is 43.9 Å². The number of hydrogen-bond donors (Lipinski definition) is 2. The smallest absolute Gasteiger partial charge is 0.0502 e. The predicted octanol–water partition coefficient (Wildman–Crippen LogP) is 4.38. The van der Waals surface area contributed by atoms with Crippen molar-refractivity contribution in [2.24, 2.45) is 11.8 Å². The molecule has 1 aliphatic carbocycles. The van der Waals surface area contributed by atoms with Crippen molar-refractivity contribution in [2.45, 2.75) is 44.6 Å². The van der Waals surface area contributed by atoms with Crippen molar-refractivity contribution in [3.05, 3.63) is 35.2 Å². The van der Waals surface area contributed by atoms with Gasteiger partial charge in [-0.2, -0.15) is 0 Å². The Morgan fingerprint density at radius 2 is 1.84 bits per heavy atom. The number of hydrogen-bond acceptors (Lipinski definition) is 3. The molecule has 1 saturated carbocycles. The van der Waals surface area contributed by atoms with E-state index in [1.165, 1.54) is 54.2 Å². The molecule has 102 valence electrons. The largest absolute Gasteiger partial charge is 0.271 e. The van der Waals surface area contributed by atoms with Gasteiger partial charge in [0.1, 0.15) is 0 Å². The second kappa shape index (κ2) is 6.04. The second-order valence-electron chi connectivity index (χ2n) is 5.58. The van der Waals surface area contributed by atoms with Crippen LogP contribution in [0.4, 0.5) is 0 Å². The maximum Gasteiger partial charge on any atom is 0.0502 e. The van der Waals surface area contributed by atoms with Gasteiger partial charge in [0.05, 0.1) is 6.04 Å². The standard InChI is InChI=1S/C16H22N2S/c17-18-16(12-7-3-1-2-4-8-12)14-11-19-15-10-6-5-9-13(14)15/h5-6,9-12,16,18H,1-4,7-8,17H2. The van der Waals surface area contributed by atoms with Gasteiger partial charge in [-0.25, -0.2) is 0 Å². The van der Waals surface area contributed by atoms with E-state index in [1.807, 2.05) is 11.3 Å². The third-order valence-electron chi connectivity index (χ3n) is 4.40. The molecule has 0 aliphatic heterocycles. The highest BCUT2D eigenvalue weighted by atomic mass is 32.1. The van der Waals surface area contributed by atoms with E-state index < -0.39 is 0 Å². The Kier molecular flexibility index (Phi) is 4.16. The van der Waals surface area contributed by atoms with Gasteiger partial charge in [-0.15, -0.1) is 11.3 Å². The molecule has 1 heterocycles. The second-order valence-corrected chi connectivity index (χ2v) is 6.49. The summed E-state index contributed by atoms with van der Waals surface area (Å²) in [7, 11) is 0. The number of nitrogens with one attached hydrogen (secondary N) is 1. The van der Waals surface area contributed by atoms with E-state index in [0.717, 1.165) is 0 Å². The lowest BCUT2D eigenvalue weighted by molar-refractivity contribution is 0.331. The van der Waals surface area contributed by atoms with Crippen LogP contribution in [-0.2, 0) is 0 Å². The number of thiophene rings is 1. The Morgan fingerprint density at radius 1 is 1.11 bits per heavy atom. The Morgan fingerprint density at radius 3 is 2.58 bits per heavy atom. The number of benzene rings is 1. The first kappa shape index (κ1) is 13.1. The lowest BCUT2D eigenvalue weighted by Gasteiger charge is -2.25. The van der Waals surface area contributed by atoms with Gasteiger partial charge in [0.25, 0.3) is 0 Å². The van der Waals surface area contributed by atoms with E-state index in [2.05, 4.69) is 35.1 Å². The van der Waals surface area contributed by atoms with Crippen molar-refractivity contribution in [1.29, 1.82) is 0 Å². The van der Waals surface area contributed by atoms with E-state index in [9.17, 15) is 0 Å². The van der Waals surface area contributed by atoms with Crippen molar-refractivity contribution < 1.29 is 0 Å². The van der Waals surface area contributed by atoms with E-state index >= 15 is 0 Å². The van der Waals surface area contributed by atoms with Gasteiger partial charge in [-0.05, 0) is 41.2 Å². The molecule has 0 amide bonds. The average Bonchev–Trinajstić information content (AvgIpc) is 2.69. The molecule has 3 rings (SSSR count). The molecule has 3 heteroatoms. The van der Waals surface area contributed by atoms with E-state index in [-0.39, 0.29) is 0 Å². The van der Waals surface area contributed by atoms with Crippen LogP contribution in [0.2, 0.25) is 0 Å². The van der Waals surface area contributed by atoms with Gasteiger partial charge < -0.3 is 0 Å². The minimum absolute atomic E-state index is 0.314. The molecule has 1 aromatic heterocycles. The Labute approximate surface area is 119 Å². The Hall–Kier alpha value is -0.900. The highest BCUT2D eigenvalue weighted by molar-refractivity contribution is 7.17. The van der Waals surface area contributed by atoms with Gasteiger partial charge in [0.2, 0.25) is 0 Å². The number of rotatable bonds is 3. The summed E-state index contributed by atoms with van der Waals surface area (Å²) in [6, 6.07) is 8.97. The first-order chi connectivity index (χ1) is 9.40. The fourth-order valence-corrected chi connectivity index (χ4v) is 4.36. The molecule has 1 aromatic carbocycles. The highest BCUT2D eigenvalue weighted by Crippen LogP contribution is 2.38. The lowest BCUT2D eigenvalue weighted by Crippen LogP contribution is -2.33. The average molecular weight is 274 g/mol. The zero-order chi connectivity index (χ0) is 13.1. The van der Waals surface area contributed by atoms with Crippen LogP contribution < -0.4 is 11.3 Å². The molecule has 0 spiro atoms. The van der Waals surface area contributed by atoms with E-state index in [0.29, 0.717) is 12.0 Å². The van der Waals surface area contributed by atoms with Crippen LogP contribution in [0.15, 0.2) is 29.6 Å². The first-order valence-electron chi connectivity index (χ1n) is 7.32. The quantitative estimate of drug-likeness (QED) is 0.495. The normalized spacial score (nSPS) is 19.4. The van der Waals surface area contributed by atoms with Crippen LogP contribution in [0.5, 0.6) is 0 Å². The van der Waals surface area contributed by atoms with Gasteiger partial charge in [0, 0.05) is 4.70 Å². The van der Waals surface area contributed by atoms with Gasteiger partial charge in [-0.3, -0.25) is 11.3 Å². The SMILES string of the molecule is NNC(c1csc2ccccc12)C1CCCCCC1. The van der Waals surface area contributed by atoms with Crippen LogP contribution in [0, 0.1) is 5.92 Å². The fourth-order valence-electron chi connectivity index (χ4n) is 3.36. The monoisotopic (exact) mass is 274 g/mol. The summed E-state index contributed by atoms with van der Waals surface area (Å²) >= 11 is 1.83. The van der Waals surface area contributed by atoms with Crippen molar-refractivity contribution >= 4 is 21.4 Å². The minimum Gasteiger partial charge on any atom is -0.271 e. The summed E-state index contributed by atoms with van der Waals surface area (Å²) in [5, 5.41) is 3.67. The zero-order valence-corrected chi connectivity index (χ0v) is 12.1. The van der Waals surface area contributed by atoms with E-state index in [4.69, 9.17) is 5.84 Å². The summed E-state index contributed by atoms with van der Waals surface area (Å²) in [4.78, 5) is 0. The fraction of sp³-hybridized carbons (Fsp3) is 0.500. The molecule has 1 atom stereocenters.